The van der Waals surface area contributed by atoms with E-state index in [0.717, 1.165) is 6.07 Å². The number of carbonyl (C=O) groups excluding carboxylic acids is 1. The highest BCUT2D eigenvalue weighted by molar-refractivity contribution is 6.32. The number of anilines is 1. The van der Waals surface area contributed by atoms with Gasteiger partial charge in [-0.2, -0.15) is 0 Å². The number of ether oxygens (including phenoxy) is 1. The second-order valence-electron chi connectivity index (χ2n) is 4.48. The summed E-state index contributed by atoms with van der Waals surface area (Å²) in [5, 5.41) is 13.7. The Morgan fingerprint density at radius 2 is 2.09 bits per heavy atom. The molecular weight excluding hydrogens is 345 g/mol. The van der Waals surface area contributed by atoms with Gasteiger partial charge in [-0.15, -0.1) is 0 Å². The van der Waals surface area contributed by atoms with Gasteiger partial charge in [-0.3, -0.25) is 14.9 Å². The third-order valence-electron chi connectivity index (χ3n) is 2.78. The fourth-order valence-electron chi connectivity index (χ4n) is 1.62. The molecule has 0 aliphatic carbocycles. The highest BCUT2D eigenvalue weighted by Gasteiger charge is 2.18. The van der Waals surface area contributed by atoms with Gasteiger partial charge in [0.05, 0.1) is 15.0 Å². The monoisotopic (exact) mass is 355 g/mol. The van der Waals surface area contributed by atoms with Crippen molar-refractivity contribution in [2.45, 2.75) is 13.0 Å². The number of aromatic nitrogens is 1. The second kappa shape index (κ2) is 7.26. The Morgan fingerprint density at radius 3 is 2.65 bits per heavy atom. The number of pyridine rings is 1. The summed E-state index contributed by atoms with van der Waals surface area (Å²) in [5.74, 6) is 0.0443. The van der Waals surface area contributed by atoms with E-state index in [1.54, 1.807) is 12.1 Å². The maximum atomic E-state index is 12.0. The van der Waals surface area contributed by atoms with Crippen LogP contribution in [0.1, 0.15) is 6.92 Å². The van der Waals surface area contributed by atoms with E-state index in [-0.39, 0.29) is 16.5 Å². The van der Waals surface area contributed by atoms with Crippen molar-refractivity contribution in [1.29, 1.82) is 0 Å². The Kier molecular flexibility index (Phi) is 5.36. The van der Waals surface area contributed by atoms with Gasteiger partial charge in [-0.1, -0.05) is 23.2 Å². The molecule has 9 heteroatoms. The SMILES string of the molecule is C[C@H](Oc1ccc([N+](=O)[O-])cc1Cl)C(=O)Nc1ccc(Cl)cn1. The summed E-state index contributed by atoms with van der Waals surface area (Å²) in [4.78, 5) is 26.0. The summed E-state index contributed by atoms with van der Waals surface area (Å²) >= 11 is 11.6. The van der Waals surface area contributed by atoms with Crippen LogP contribution in [0.3, 0.4) is 0 Å². The number of hydrogen-bond donors (Lipinski definition) is 1. The van der Waals surface area contributed by atoms with Gasteiger partial charge >= 0.3 is 0 Å². The minimum atomic E-state index is -0.883. The van der Waals surface area contributed by atoms with Gasteiger partial charge in [0.25, 0.3) is 11.6 Å². The molecule has 0 saturated carbocycles. The van der Waals surface area contributed by atoms with E-state index in [1.165, 1.54) is 25.3 Å². The summed E-state index contributed by atoms with van der Waals surface area (Å²) in [5.41, 5.74) is -0.162. The van der Waals surface area contributed by atoms with Crippen molar-refractivity contribution in [3.8, 4) is 5.75 Å². The van der Waals surface area contributed by atoms with Crippen LogP contribution in [0.4, 0.5) is 11.5 Å². The van der Waals surface area contributed by atoms with Crippen LogP contribution in [0, 0.1) is 10.1 Å². The zero-order valence-electron chi connectivity index (χ0n) is 11.8. The molecule has 2 rings (SSSR count). The number of nitro benzene ring substituents is 1. The molecule has 23 heavy (non-hydrogen) atoms. The summed E-state index contributed by atoms with van der Waals surface area (Å²) in [6, 6.07) is 6.87. The zero-order valence-corrected chi connectivity index (χ0v) is 13.3. The summed E-state index contributed by atoms with van der Waals surface area (Å²) in [6.45, 7) is 1.52. The van der Waals surface area contributed by atoms with Crippen molar-refractivity contribution in [1.82, 2.24) is 4.98 Å². The van der Waals surface area contributed by atoms with Crippen LogP contribution in [0.5, 0.6) is 5.75 Å². The fraction of sp³-hybridized carbons (Fsp3) is 0.143. The molecule has 120 valence electrons. The normalized spacial score (nSPS) is 11.6. The molecule has 0 aliphatic rings. The molecule has 1 N–H and O–H groups in total. The molecule has 1 aromatic heterocycles. The molecule has 2 aromatic rings. The Hall–Kier alpha value is -2.38. The molecule has 7 nitrogen and oxygen atoms in total. The van der Waals surface area contributed by atoms with Gasteiger partial charge in [-0.05, 0) is 25.1 Å². The molecular formula is C14H11Cl2N3O4. The summed E-state index contributed by atoms with van der Waals surface area (Å²) in [7, 11) is 0. The molecule has 0 fully saturated rings. The molecule has 1 aromatic carbocycles. The lowest BCUT2D eigenvalue weighted by Crippen LogP contribution is -2.30. The van der Waals surface area contributed by atoms with E-state index >= 15 is 0 Å². The number of amides is 1. The highest BCUT2D eigenvalue weighted by atomic mass is 35.5. The molecule has 0 saturated heterocycles. The smallest absolute Gasteiger partial charge is 0.271 e. The van der Waals surface area contributed by atoms with E-state index < -0.39 is 16.9 Å². The van der Waals surface area contributed by atoms with Gasteiger partial charge in [0.15, 0.2) is 6.10 Å². The van der Waals surface area contributed by atoms with Gasteiger partial charge in [0, 0.05) is 18.3 Å². The first-order chi connectivity index (χ1) is 10.9. The molecule has 0 unspecified atom stereocenters. The predicted molar refractivity (Wildman–Crippen MR) is 86.1 cm³/mol. The molecule has 1 amide bonds. The van der Waals surface area contributed by atoms with Crippen LogP contribution in [0.2, 0.25) is 10.0 Å². The van der Waals surface area contributed by atoms with Crippen LogP contribution >= 0.6 is 23.2 Å². The van der Waals surface area contributed by atoms with E-state index in [2.05, 4.69) is 10.3 Å². The third kappa shape index (κ3) is 4.54. The molecule has 0 aliphatic heterocycles. The first-order valence-corrected chi connectivity index (χ1v) is 7.15. The third-order valence-corrected chi connectivity index (χ3v) is 3.30. The summed E-state index contributed by atoms with van der Waals surface area (Å²) < 4.78 is 5.42. The lowest BCUT2D eigenvalue weighted by atomic mass is 10.3. The van der Waals surface area contributed by atoms with Gasteiger partial charge < -0.3 is 10.1 Å². The van der Waals surface area contributed by atoms with Crippen LogP contribution < -0.4 is 10.1 Å². The lowest BCUT2D eigenvalue weighted by molar-refractivity contribution is -0.384. The number of halogens is 2. The van der Waals surface area contributed by atoms with Crippen molar-refractivity contribution >= 4 is 40.6 Å². The Balaban J connectivity index is 2.03. The van der Waals surface area contributed by atoms with Gasteiger partial charge in [0.1, 0.15) is 11.6 Å². The van der Waals surface area contributed by atoms with E-state index in [0.29, 0.717) is 10.8 Å². The minimum absolute atomic E-state index is 0.0449. The number of rotatable bonds is 5. The number of nitrogens with one attached hydrogen (secondary N) is 1. The van der Waals surface area contributed by atoms with Gasteiger partial charge in [0.2, 0.25) is 0 Å². The lowest BCUT2D eigenvalue weighted by Gasteiger charge is -2.15. The average Bonchev–Trinajstić information content (AvgIpc) is 2.51. The van der Waals surface area contributed by atoms with Crippen molar-refractivity contribution < 1.29 is 14.5 Å². The number of carbonyl (C=O) groups is 1. The van der Waals surface area contributed by atoms with Crippen LogP contribution in [-0.2, 0) is 4.79 Å². The average molecular weight is 356 g/mol. The predicted octanol–water partition coefficient (Wildman–Crippen LogP) is 3.70. The van der Waals surface area contributed by atoms with Crippen molar-refractivity contribution in [2.24, 2.45) is 0 Å². The van der Waals surface area contributed by atoms with Crippen LogP contribution in [0.25, 0.3) is 0 Å². The number of nitrogens with zero attached hydrogens (tertiary/aromatic N) is 2. The maximum absolute atomic E-state index is 12.0. The summed E-state index contributed by atoms with van der Waals surface area (Å²) in [6.07, 6.45) is 0.516. The molecule has 0 radical (unpaired) electrons. The molecule has 1 atom stereocenters. The topological polar surface area (TPSA) is 94.4 Å². The Labute approximate surface area is 141 Å². The number of nitro groups is 1. The fourth-order valence-corrected chi connectivity index (χ4v) is 1.95. The minimum Gasteiger partial charge on any atom is -0.479 e. The first kappa shape index (κ1) is 17.0. The first-order valence-electron chi connectivity index (χ1n) is 6.40. The molecule has 0 bridgehead atoms. The zero-order chi connectivity index (χ0) is 17.0. The Bertz CT molecular complexity index is 737. The van der Waals surface area contributed by atoms with E-state index in [1.807, 2.05) is 0 Å². The van der Waals surface area contributed by atoms with Gasteiger partial charge in [-0.25, -0.2) is 4.98 Å². The van der Waals surface area contributed by atoms with Crippen molar-refractivity contribution in [3.63, 3.8) is 0 Å². The van der Waals surface area contributed by atoms with Crippen molar-refractivity contribution in [3.05, 3.63) is 56.7 Å². The van der Waals surface area contributed by atoms with E-state index in [4.69, 9.17) is 27.9 Å². The Morgan fingerprint density at radius 1 is 1.35 bits per heavy atom. The number of non-ortho nitro benzene ring substituents is 1. The van der Waals surface area contributed by atoms with Crippen molar-refractivity contribution in [2.75, 3.05) is 5.32 Å². The quantitative estimate of drug-likeness (QED) is 0.651. The maximum Gasteiger partial charge on any atom is 0.271 e. The van der Waals surface area contributed by atoms with E-state index in [9.17, 15) is 14.9 Å². The van der Waals surface area contributed by atoms with Crippen LogP contribution in [-0.4, -0.2) is 21.9 Å². The number of hydrogen-bond acceptors (Lipinski definition) is 5. The largest absolute Gasteiger partial charge is 0.479 e. The molecule has 0 spiro atoms. The standard InChI is InChI=1S/C14H11Cl2N3O4/c1-8(14(20)18-13-5-2-9(15)7-17-13)23-12-4-3-10(19(21)22)6-11(12)16/h2-8H,1H3,(H,17,18,20)/t8-/m0/s1. The number of benzene rings is 1. The van der Waals surface area contributed by atoms with Crippen LogP contribution in [0.15, 0.2) is 36.5 Å². The second-order valence-corrected chi connectivity index (χ2v) is 5.33. The molecule has 1 heterocycles. The highest BCUT2D eigenvalue weighted by Crippen LogP contribution is 2.29.